The van der Waals surface area contributed by atoms with Crippen molar-refractivity contribution in [2.24, 2.45) is 0 Å². The number of halogens is 2. The van der Waals surface area contributed by atoms with Crippen LogP contribution in [0.1, 0.15) is 23.1 Å². The maximum atomic E-state index is 13.9. The smallest absolute Gasteiger partial charge is 0.307 e. The molecule has 0 atom stereocenters. The van der Waals surface area contributed by atoms with E-state index in [0.29, 0.717) is 17.4 Å². The average molecular weight is 462 g/mol. The molecule has 3 aromatic rings. The van der Waals surface area contributed by atoms with Crippen molar-refractivity contribution in [3.63, 3.8) is 0 Å². The third kappa shape index (κ3) is 5.24. The SMILES string of the molecule is C=C(CCc1c(C)c(CC(=O)O)cc2ccc(F)cc12)NS(=O)(=O)c1ccccc1Cl. The number of allylic oxidation sites excluding steroid dienone is 1. The second-order valence-electron chi connectivity index (χ2n) is 7.21. The molecule has 0 amide bonds. The van der Waals surface area contributed by atoms with Gasteiger partial charge in [-0.25, -0.2) is 12.8 Å². The first-order valence-corrected chi connectivity index (χ1v) is 11.3. The molecular formula is C23H21ClFNO4S. The van der Waals surface area contributed by atoms with Gasteiger partial charge in [-0.05, 0) is 71.5 Å². The van der Waals surface area contributed by atoms with Gasteiger partial charge in [0.25, 0.3) is 10.0 Å². The zero-order valence-electron chi connectivity index (χ0n) is 16.8. The number of carboxylic acids is 1. The van der Waals surface area contributed by atoms with Gasteiger partial charge >= 0.3 is 5.97 Å². The van der Waals surface area contributed by atoms with E-state index in [1.165, 1.54) is 24.3 Å². The molecule has 0 fully saturated rings. The van der Waals surface area contributed by atoms with Crippen LogP contribution in [0, 0.1) is 12.7 Å². The van der Waals surface area contributed by atoms with Gasteiger partial charge in [-0.15, -0.1) is 0 Å². The van der Waals surface area contributed by atoms with Crippen LogP contribution in [0.4, 0.5) is 4.39 Å². The number of nitrogens with one attached hydrogen (secondary N) is 1. The Hall–Kier alpha value is -2.90. The van der Waals surface area contributed by atoms with Gasteiger partial charge in [-0.1, -0.05) is 42.4 Å². The zero-order valence-corrected chi connectivity index (χ0v) is 18.4. The van der Waals surface area contributed by atoms with Crippen molar-refractivity contribution in [2.75, 3.05) is 0 Å². The molecule has 0 aliphatic rings. The molecule has 162 valence electrons. The average Bonchev–Trinajstić information content (AvgIpc) is 2.68. The molecule has 0 unspecified atom stereocenters. The number of rotatable bonds is 8. The van der Waals surface area contributed by atoms with Gasteiger partial charge in [0.1, 0.15) is 10.7 Å². The first-order chi connectivity index (χ1) is 14.6. The van der Waals surface area contributed by atoms with Crippen LogP contribution >= 0.6 is 11.6 Å². The Balaban J connectivity index is 1.88. The van der Waals surface area contributed by atoms with Crippen molar-refractivity contribution < 1.29 is 22.7 Å². The molecule has 0 radical (unpaired) electrons. The number of aryl methyl sites for hydroxylation is 1. The van der Waals surface area contributed by atoms with Gasteiger partial charge in [0, 0.05) is 5.70 Å². The summed E-state index contributed by atoms with van der Waals surface area (Å²) < 4.78 is 41.5. The molecule has 5 nitrogen and oxygen atoms in total. The third-order valence-electron chi connectivity index (χ3n) is 5.03. The summed E-state index contributed by atoms with van der Waals surface area (Å²) in [4.78, 5) is 11.2. The van der Waals surface area contributed by atoms with E-state index < -0.39 is 21.8 Å². The number of fused-ring (bicyclic) bond motifs is 1. The van der Waals surface area contributed by atoms with Crippen LogP contribution in [0.15, 0.2) is 65.7 Å². The lowest BCUT2D eigenvalue weighted by atomic mass is 9.90. The standard InChI is InChI=1S/C23H21ClFNO4S/c1-14(26-31(29,30)22-6-4-3-5-21(22)24)7-10-19-15(2)17(12-23(27)28)11-16-8-9-18(25)13-20(16)19/h3-6,8-9,11,13,26H,1,7,10,12H2,2H3,(H,27,28). The normalized spacial score (nSPS) is 11.5. The Kier molecular flexibility index (Phi) is 6.67. The molecule has 2 N–H and O–H groups in total. The highest BCUT2D eigenvalue weighted by Gasteiger charge is 2.19. The number of hydrogen-bond acceptors (Lipinski definition) is 3. The molecule has 3 rings (SSSR count). The molecule has 0 saturated carbocycles. The van der Waals surface area contributed by atoms with Gasteiger partial charge < -0.3 is 5.11 Å². The van der Waals surface area contributed by atoms with E-state index in [1.807, 2.05) is 0 Å². The largest absolute Gasteiger partial charge is 0.481 e. The molecule has 0 spiro atoms. The predicted octanol–water partition coefficient (Wildman–Crippen LogP) is 4.99. The highest BCUT2D eigenvalue weighted by molar-refractivity contribution is 7.89. The molecule has 0 saturated heterocycles. The molecule has 8 heteroatoms. The summed E-state index contributed by atoms with van der Waals surface area (Å²) in [6.45, 7) is 5.59. The van der Waals surface area contributed by atoms with Crippen molar-refractivity contribution in [1.82, 2.24) is 4.72 Å². The fourth-order valence-corrected chi connectivity index (χ4v) is 5.13. The maximum absolute atomic E-state index is 13.9. The number of carboxylic acid groups (broad SMARTS) is 1. The van der Waals surface area contributed by atoms with E-state index in [2.05, 4.69) is 11.3 Å². The quantitative estimate of drug-likeness (QED) is 0.495. The lowest BCUT2D eigenvalue weighted by Crippen LogP contribution is -2.23. The Morgan fingerprint density at radius 3 is 2.58 bits per heavy atom. The van der Waals surface area contributed by atoms with Crippen LogP contribution in [0.2, 0.25) is 5.02 Å². The van der Waals surface area contributed by atoms with E-state index in [4.69, 9.17) is 11.6 Å². The predicted molar refractivity (Wildman–Crippen MR) is 119 cm³/mol. The molecule has 0 bridgehead atoms. The lowest BCUT2D eigenvalue weighted by molar-refractivity contribution is -0.136. The Labute approximate surface area is 185 Å². The third-order valence-corrected chi connectivity index (χ3v) is 6.96. The van der Waals surface area contributed by atoms with Crippen LogP contribution in [0.5, 0.6) is 0 Å². The molecule has 31 heavy (non-hydrogen) atoms. The summed E-state index contributed by atoms with van der Waals surface area (Å²) in [6, 6.07) is 12.2. The van der Waals surface area contributed by atoms with Crippen molar-refractivity contribution in [3.8, 4) is 0 Å². The molecule has 0 aliphatic carbocycles. The van der Waals surface area contributed by atoms with Crippen LogP contribution in [-0.4, -0.2) is 19.5 Å². The highest BCUT2D eigenvalue weighted by atomic mass is 35.5. The topological polar surface area (TPSA) is 83.5 Å². The summed E-state index contributed by atoms with van der Waals surface area (Å²) in [5.41, 5.74) is 2.37. The minimum Gasteiger partial charge on any atom is -0.481 e. The number of sulfonamides is 1. The van der Waals surface area contributed by atoms with E-state index in [0.717, 1.165) is 16.5 Å². The fourth-order valence-electron chi connectivity index (χ4n) is 3.51. The molecule has 0 aliphatic heterocycles. The van der Waals surface area contributed by atoms with Crippen molar-refractivity contribution in [2.45, 2.75) is 31.1 Å². The maximum Gasteiger partial charge on any atom is 0.307 e. The zero-order chi connectivity index (χ0) is 22.8. The van der Waals surface area contributed by atoms with E-state index in [9.17, 15) is 22.7 Å². The van der Waals surface area contributed by atoms with E-state index >= 15 is 0 Å². The van der Waals surface area contributed by atoms with Crippen LogP contribution < -0.4 is 4.72 Å². The molecular weight excluding hydrogens is 441 g/mol. The second kappa shape index (κ2) is 9.08. The molecule has 3 aromatic carbocycles. The summed E-state index contributed by atoms with van der Waals surface area (Å²) in [7, 11) is -3.90. The van der Waals surface area contributed by atoms with Crippen molar-refractivity contribution in [3.05, 3.63) is 88.3 Å². The minimum atomic E-state index is -3.90. The summed E-state index contributed by atoms with van der Waals surface area (Å²) in [6.07, 6.45) is 0.433. The Morgan fingerprint density at radius 1 is 1.19 bits per heavy atom. The highest BCUT2D eigenvalue weighted by Crippen LogP contribution is 2.29. The number of benzene rings is 3. The molecule has 0 aromatic heterocycles. The van der Waals surface area contributed by atoms with E-state index in [-0.39, 0.29) is 28.5 Å². The number of hydrogen-bond donors (Lipinski definition) is 2. The summed E-state index contributed by atoms with van der Waals surface area (Å²) in [5, 5.41) is 10.7. The van der Waals surface area contributed by atoms with Crippen molar-refractivity contribution in [1.29, 1.82) is 0 Å². The second-order valence-corrected chi connectivity index (χ2v) is 9.27. The van der Waals surface area contributed by atoms with Gasteiger partial charge in [0.2, 0.25) is 0 Å². The van der Waals surface area contributed by atoms with E-state index in [1.54, 1.807) is 31.2 Å². The Morgan fingerprint density at radius 2 is 1.90 bits per heavy atom. The van der Waals surface area contributed by atoms with Crippen LogP contribution in [-0.2, 0) is 27.7 Å². The van der Waals surface area contributed by atoms with Gasteiger partial charge in [0.05, 0.1) is 11.4 Å². The monoisotopic (exact) mass is 461 g/mol. The lowest BCUT2D eigenvalue weighted by Gasteiger charge is -2.16. The first kappa shape index (κ1) is 22.8. The van der Waals surface area contributed by atoms with Crippen LogP contribution in [0.3, 0.4) is 0 Å². The first-order valence-electron chi connectivity index (χ1n) is 9.46. The Bertz CT molecular complexity index is 1290. The van der Waals surface area contributed by atoms with Gasteiger partial charge in [-0.2, -0.15) is 0 Å². The summed E-state index contributed by atoms with van der Waals surface area (Å²) >= 11 is 5.99. The minimum absolute atomic E-state index is 0.0510. The van der Waals surface area contributed by atoms with Gasteiger partial charge in [-0.3, -0.25) is 9.52 Å². The number of carbonyl (C=O) groups is 1. The van der Waals surface area contributed by atoms with Gasteiger partial charge in [0.15, 0.2) is 0 Å². The summed E-state index contributed by atoms with van der Waals surface area (Å²) in [5.74, 6) is -1.37. The van der Waals surface area contributed by atoms with Crippen molar-refractivity contribution >= 4 is 38.4 Å². The molecule has 0 heterocycles. The number of aliphatic carboxylic acids is 1. The van der Waals surface area contributed by atoms with Crippen LogP contribution in [0.25, 0.3) is 10.8 Å². The fraction of sp³-hybridized carbons (Fsp3) is 0.174.